The van der Waals surface area contributed by atoms with Crippen molar-refractivity contribution in [1.82, 2.24) is 9.55 Å². The molecule has 0 aliphatic rings. The van der Waals surface area contributed by atoms with E-state index in [2.05, 4.69) is 15.3 Å². The van der Waals surface area contributed by atoms with Gasteiger partial charge in [0.1, 0.15) is 0 Å². The summed E-state index contributed by atoms with van der Waals surface area (Å²) in [4.78, 5) is 30.2. The zero-order valence-corrected chi connectivity index (χ0v) is 9.01. The van der Waals surface area contributed by atoms with Crippen molar-refractivity contribution in [3.05, 3.63) is 22.7 Å². The Bertz CT molecular complexity index is 427. The van der Waals surface area contributed by atoms with Gasteiger partial charge in [-0.05, 0) is 13.8 Å². The van der Waals surface area contributed by atoms with Crippen LogP contribution in [0.25, 0.3) is 0 Å². The Morgan fingerprint density at radius 3 is 2.94 bits per heavy atom. The number of rotatable bonds is 5. The van der Waals surface area contributed by atoms with Gasteiger partial charge in [0.05, 0.1) is 0 Å². The number of hydrogen-bond donors (Lipinski definition) is 2. The van der Waals surface area contributed by atoms with Gasteiger partial charge in [-0.3, -0.25) is 9.63 Å². The van der Waals surface area contributed by atoms with Gasteiger partial charge in [-0.15, -0.1) is 0 Å². The molecule has 0 aliphatic carbocycles. The number of carboxylic acid groups (broad SMARTS) is 1. The summed E-state index contributed by atoms with van der Waals surface area (Å²) in [6.07, 6.45) is 2.99. The van der Waals surface area contributed by atoms with Gasteiger partial charge in [-0.1, -0.05) is 0 Å². The van der Waals surface area contributed by atoms with Crippen LogP contribution >= 0.6 is 0 Å². The van der Waals surface area contributed by atoms with Crippen molar-refractivity contribution in [3.8, 4) is 0 Å². The van der Waals surface area contributed by atoms with E-state index in [0.29, 0.717) is 0 Å². The van der Waals surface area contributed by atoms with Crippen molar-refractivity contribution in [2.45, 2.75) is 19.9 Å². The van der Waals surface area contributed by atoms with Gasteiger partial charge in [-0.25, -0.2) is 15.3 Å². The molecule has 1 rings (SSSR count). The van der Waals surface area contributed by atoms with E-state index in [4.69, 9.17) is 5.11 Å². The zero-order chi connectivity index (χ0) is 12.1. The highest BCUT2D eigenvalue weighted by molar-refractivity contribution is 5.68. The molecule has 7 heteroatoms. The molecule has 0 fully saturated rings. The van der Waals surface area contributed by atoms with Crippen LogP contribution in [0.2, 0.25) is 0 Å². The minimum Gasteiger partial charge on any atom is -0.479 e. The quantitative estimate of drug-likeness (QED) is 0.700. The van der Waals surface area contributed by atoms with Crippen molar-refractivity contribution in [2.24, 2.45) is 0 Å². The third-order valence-corrected chi connectivity index (χ3v) is 1.79. The SMILES string of the molecule is CC(C)n1ccnc(NOCC(=O)O)c1=O. The fraction of sp³-hybridized carbons (Fsp3) is 0.444. The topological polar surface area (TPSA) is 93.4 Å². The molecule has 0 aliphatic heterocycles. The van der Waals surface area contributed by atoms with Gasteiger partial charge in [0.25, 0.3) is 5.56 Å². The summed E-state index contributed by atoms with van der Waals surface area (Å²) in [5.41, 5.74) is 1.86. The normalized spacial score (nSPS) is 10.4. The molecule has 0 atom stereocenters. The Labute approximate surface area is 91.6 Å². The van der Waals surface area contributed by atoms with Gasteiger partial charge in [-0.2, -0.15) is 0 Å². The fourth-order valence-corrected chi connectivity index (χ4v) is 1.07. The second kappa shape index (κ2) is 5.26. The smallest absolute Gasteiger partial charge is 0.332 e. The molecular formula is C9H13N3O4. The summed E-state index contributed by atoms with van der Waals surface area (Å²) >= 11 is 0. The summed E-state index contributed by atoms with van der Waals surface area (Å²) in [6, 6.07) is -0.00414. The van der Waals surface area contributed by atoms with Crippen LogP contribution in [0.4, 0.5) is 5.82 Å². The van der Waals surface area contributed by atoms with E-state index >= 15 is 0 Å². The Balaban J connectivity index is 2.78. The number of aliphatic carboxylic acids is 1. The zero-order valence-electron chi connectivity index (χ0n) is 9.01. The number of aromatic nitrogens is 2. The lowest BCUT2D eigenvalue weighted by atomic mass is 10.4. The van der Waals surface area contributed by atoms with Gasteiger partial charge >= 0.3 is 5.97 Å². The Kier molecular flexibility index (Phi) is 4.01. The van der Waals surface area contributed by atoms with E-state index in [0.717, 1.165) is 0 Å². The van der Waals surface area contributed by atoms with Crippen molar-refractivity contribution >= 4 is 11.8 Å². The maximum Gasteiger partial charge on any atom is 0.332 e. The summed E-state index contributed by atoms with van der Waals surface area (Å²) in [5, 5.41) is 8.33. The van der Waals surface area contributed by atoms with Gasteiger partial charge < -0.3 is 9.67 Å². The largest absolute Gasteiger partial charge is 0.479 e. The highest BCUT2D eigenvalue weighted by Crippen LogP contribution is 2.01. The van der Waals surface area contributed by atoms with Crippen LogP contribution in [0.15, 0.2) is 17.2 Å². The van der Waals surface area contributed by atoms with E-state index in [9.17, 15) is 9.59 Å². The highest BCUT2D eigenvalue weighted by Gasteiger charge is 2.07. The average Bonchev–Trinajstić information content (AvgIpc) is 2.19. The van der Waals surface area contributed by atoms with Crippen molar-refractivity contribution < 1.29 is 14.7 Å². The summed E-state index contributed by atoms with van der Waals surface area (Å²) < 4.78 is 1.46. The molecular weight excluding hydrogens is 214 g/mol. The molecule has 0 amide bonds. The van der Waals surface area contributed by atoms with E-state index in [1.54, 1.807) is 6.20 Å². The van der Waals surface area contributed by atoms with Crippen molar-refractivity contribution in [2.75, 3.05) is 12.1 Å². The lowest BCUT2D eigenvalue weighted by Gasteiger charge is -2.10. The van der Waals surface area contributed by atoms with E-state index in [-0.39, 0.29) is 17.4 Å². The lowest BCUT2D eigenvalue weighted by Crippen LogP contribution is -2.26. The molecule has 88 valence electrons. The molecule has 0 saturated heterocycles. The van der Waals surface area contributed by atoms with Crippen LogP contribution in [-0.2, 0) is 9.63 Å². The third-order valence-electron chi connectivity index (χ3n) is 1.79. The fourth-order valence-electron chi connectivity index (χ4n) is 1.07. The van der Waals surface area contributed by atoms with Crippen LogP contribution in [0.3, 0.4) is 0 Å². The van der Waals surface area contributed by atoms with E-state index in [1.165, 1.54) is 10.8 Å². The number of hydrogen-bond acceptors (Lipinski definition) is 5. The molecule has 1 aromatic rings. The molecule has 16 heavy (non-hydrogen) atoms. The molecule has 0 spiro atoms. The second-order valence-electron chi connectivity index (χ2n) is 3.37. The first-order valence-electron chi connectivity index (χ1n) is 4.69. The third kappa shape index (κ3) is 3.06. The maximum absolute atomic E-state index is 11.7. The minimum atomic E-state index is -1.13. The molecule has 2 N–H and O–H groups in total. The summed E-state index contributed by atoms with van der Waals surface area (Å²) in [6.45, 7) is 3.16. The Morgan fingerprint density at radius 1 is 1.69 bits per heavy atom. The molecule has 7 nitrogen and oxygen atoms in total. The molecule has 0 saturated carbocycles. The number of nitrogens with one attached hydrogen (secondary N) is 1. The van der Waals surface area contributed by atoms with Crippen LogP contribution in [0.5, 0.6) is 0 Å². The molecule has 1 aromatic heterocycles. The van der Waals surface area contributed by atoms with Crippen molar-refractivity contribution in [1.29, 1.82) is 0 Å². The van der Waals surface area contributed by atoms with Crippen LogP contribution in [0, 0.1) is 0 Å². The molecule has 0 unspecified atom stereocenters. The maximum atomic E-state index is 11.7. The first-order chi connectivity index (χ1) is 7.52. The molecule has 0 aromatic carbocycles. The predicted octanol–water partition coefficient (Wildman–Crippen LogP) is 0.252. The highest BCUT2D eigenvalue weighted by atomic mass is 16.7. The first kappa shape index (κ1) is 12.2. The Hall–Kier alpha value is -1.89. The van der Waals surface area contributed by atoms with Gasteiger partial charge in [0, 0.05) is 18.4 Å². The molecule has 0 bridgehead atoms. The van der Waals surface area contributed by atoms with Crippen LogP contribution in [0.1, 0.15) is 19.9 Å². The molecule has 1 heterocycles. The lowest BCUT2D eigenvalue weighted by molar-refractivity contribution is -0.141. The van der Waals surface area contributed by atoms with E-state index in [1.807, 2.05) is 13.8 Å². The number of anilines is 1. The van der Waals surface area contributed by atoms with Crippen LogP contribution < -0.4 is 11.0 Å². The van der Waals surface area contributed by atoms with E-state index < -0.39 is 12.6 Å². The minimum absolute atomic E-state index is 0.00414. The van der Waals surface area contributed by atoms with Crippen molar-refractivity contribution in [3.63, 3.8) is 0 Å². The number of carbonyl (C=O) groups is 1. The summed E-state index contributed by atoms with van der Waals surface area (Å²) in [7, 11) is 0. The predicted molar refractivity (Wildman–Crippen MR) is 56.1 cm³/mol. The standard InChI is InChI=1S/C9H13N3O4/c1-6(2)12-4-3-10-8(9(12)15)11-16-5-7(13)14/h3-4,6H,5H2,1-2H3,(H,10,11)(H,13,14). The average molecular weight is 227 g/mol. The number of carboxylic acids is 1. The molecule has 0 radical (unpaired) electrons. The second-order valence-corrected chi connectivity index (χ2v) is 3.37. The number of nitrogens with zero attached hydrogens (tertiary/aromatic N) is 2. The summed E-state index contributed by atoms with van der Waals surface area (Å²) in [5.74, 6) is -1.16. The monoisotopic (exact) mass is 227 g/mol. The first-order valence-corrected chi connectivity index (χ1v) is 4.69. The van der Waals surface area contributed by atoms with Crippen LogP contribution in [-0.4, -0.2) is 27.2 Å². The Morgan fingerprint density at radius 2 is 2.38 bits per heavy atom. The van der Waals surface area contributed by atoms with Gasteiger partial charge in [0.2, 0.25) is 5.82 Å². The van der Waals surface area contributed by atoms with Gasteiger partial charge in [0.15, 0.2) is 6.61 Å².